The van der Waals surface area contributed by atoms with E-state index in [2.05, 4.69) is 9.97 Å². The van der Waals surface area contributed by atoms with Crippen molar-refractivity contribution in [1.29, 1.82) is 0 Å². The Balaban J connectivity index is 1.82. The summed E-state index contributed by atoms with van der Waals surface area (Å²) in [4.78, 5) is 7.91. The van der Waals surface area contributed by atoms with Gasteiger partial charge in [-0.1, -0.05) is 41.9 Å². The SMILES string of the molecule is Oc1nc(-c2cc(Cl)ccc2F)ncc1OCc1ccccc1. The highest BCUT2D eigenvalue weighted by Gasteiger charge is 2.13. The van der Waals surface area contributed by atoms with Crippen molar-refractivity contribution in [3.63, 3.8) is 0 Å². The van der Waals surface area contributed by atoms with Crippen molar-refractivity contribution in [3.05, 3.63) is 71.1 Å². The lowest BCUT2D eigenvalue weighted by Crippen LogP contribution is -1.99. The summed E-state index contributed by atoms with van der Waals surface area (Å²) in [5, 5.41) is 10.3. The minimum atomic E-state index is -0.522. The van der Waals surface area contributed by atoms with Crippen LogP contribution in [0.1, 0.15) is 5.56 Å². The Hall–Kier alpha value is -2.66. The number of aromatic nitrogens is 2. The maximum Gasteiger partial charge on any atom is 0.258 e. The number of aromatic hydroxyl groups is 1. The minimum absolute atomic E-state index is 0.0366. The average molecular weight is 331 g/mol. The maximum atomic E-state index is 13.8. The van der Waals surface area contributed by atoms with Gasteiger partial charge >= 0.3 is 0 Å². The van der Waals surface area contributed by atoms with Gasteiger partial charge < -0.3 is 9.84 Å². The van der Waals surface area contributed by atoms with Gasteiger partial charge in [0.05, 0.1) is 11.8 Å². The van der Waals surface area contributed by atoms with Gasteiger partial charge in [-0.05, 0) is 23.8 Å². The van der Waals surface area contributed by atoms with Gasteiger partial charge in [0, 0.05) is 5.02 Å². The molecule has 0 atom stereocenters. The molecule has 0 saturated carbocycles. The molecule has 0 amide bonds. The van der Waals surface area contributed by atoms with E-state index in [0.717, 1.165) is 5.56 Å². The van der Waals surface area contributed by atoms with Crippen LogP contribution in [0.2, 0.25) is 5.02 Å². The van der Waals surface area contributed by atoms with E-state index in [1.54, 1.807) is 0 Å². The van der Waals surface area contributed by atoms with E-state index < -0.39 is 5.82 Å². The van der Waals surface area contributed by atoms with Crippen LogP contribution in [0.15, 0.2) is 54.7 Å². The molecular formula is C17H12ClFN2O2. The molecule has 4 nitrogen and oxygen atoms in total. The Morgan fingerprint density at radius 2 is 1.91 bits per heavy atom. The third kappa shape index (κ3) is 3.57. The molecule has 1 heterocycles. The standard InChI is InChI=1S/C17H12ClFN2O2/c18-12-6-7-14(19)13(8-12)16-20-9-15(17(22)21-16)23-10-11-4-2-1-3-5-11/h1-9H,10H2,(H,20,21,22). The second kappa shape index (κ2) is 6.62. The van der Waals surface area contributed by atoms with Crippen LogP contribution in [0, 0.1) is 5.82 Å². The predicted octanol–water partition coefficient (Wildman–Crippen LogP) is 4.22. The number of rotatable bonds is 4. The predicted molar refractivity (Wildman–Crippen MR) is 84.9 cm³/mol. The molecule has 1 aromatic heterocycles. The van der Waals surface area contributed by atoms with Gasteiger partial charge in [0.25, 0.3) is 5.88 Å². The monoisotopic (exact) mass is 330 g/mol. The van der Waals surface area contributed by atoms with Crippen LogP contribution >= 0.6 is 11.6 Å². The first-order valence-corrected chi connectivity index (χ1v) is 7.19. The van der Waals surface area contributed by atoms with Crippen LogP contribution in [0.3, 0.4) is 0 Å². The van der Waals surface area contributed by atoms with E-state index in [1.165, 1.54) is 24.4 Å². The lowest BCUT2D eigenvalue weighted by Gasteiger charge is -2.09. The molecular weight excluding hydrogens is 319 g/mol. The fourth-order valence-electron chi connectivity index (χ4n) is 2.00. The zero-order valence-corrected chi connectivity index (χ0v) is 12.7. The Morgan fingerprint density at radius 3 is 2.65 bits per heavy atom. The first-order chi connectivity index (χ1) is 11.1. The topological polar surface area (TPSA) is 55.2 Å². The number of hydrogen-bond acceptors (Lipinski definition) is 4. The summed E-state index contributed by atoms with van der Waals surface area (Å²) in [6.45, 7) is 0.267. The molecule has 6 heteroatoms. The smallest absolute Gasteiger partial charge is 0.258 e. The normalized spacial score (nSPS) is 10.5. The Bertz CT molecular complexity index is 828. The van der Waals surface area contributed by atoms with Gasteiger partial charge in [0.15, 0.2) is 11.6 Å². The van der Waals surface area contributed by atoms with E-state index in [4.69, 9.17) is 16.3 Å². The Labute approximate surface area is 137 Å². The fraction of sp³-hybridized carbons (Fsp3) is 0.0588. The number of halogens is 2. The molecule has 1 N–H and O–H groups in total. The second-order valence-electron chi connectivity index (χ2n) is 4.78. The third-order valence-electron chi connectivity index (χ3n) is 3.14. The number of nitrogens with zero attached hydrogens (tertiary/aromatic N) is 2. The summed E-state index contributed by atoms with van der Waals surface area (Å²) in [5.74, 6) is -0.716. The van der Waals surface area contributed by atoms with Crippen LogP contribution in [-0.2, 0) is 6.61 Å². The molecule has 0 saturated heterocycles. The Morgan fingerprint density at radius 1 is 1.13 bits per heavy atom. The molecule has 0 bridgehead atoms. The first kappa shape index (κ1) is 15.2. The maximum absolute atomic E-state index is 13.8. The zero-order valence-electron chi connectivity index (χ0n) is 11.9. The summed E-state index contributed by atoms with van der Waals surface area (Å²) in [7, 11) is 0. The lowest BCUT2D eigenvalue weighted by atomic mass is 10.2. The highest BCUT2D eigenvalue weighted by molar-refractivity contribution is 6.30. The molecule has 0 spiro atoms. The quantitative estimate of drug-likeness (QED) is 0.778. The molecule has 23 heavy (non-hydrogen) atoms. The van der Waals surface area contributed by atoms with Crippen LogP contribution in [0.5, 0.6) is 11.6 Å². The highest BCUT2D eigenvalue weighted by Crippen LogP contribution is 2.29. The summed E-state index contributed by atoms with van der Waals surface area (Å²) in [6, 6.07) is 13.5. The molecule has 0 aliphatic carbocycles. The molecule has 2 aromatic carbocycles. The largest absolute Gasteiger partial charge is 0.491 e. The van der Waals surface area contributed by atoms with Crippen LogP contribution in [0.25, 0.3) is 11.4 Å². The van der Waals surface area contributed by atoms with Crippen molar-refractivity contribution < 1.29 is 14.2 Å². The van der Waals surface area contributed by atoms with Crippen molar-refractivity contribution in [2.45, 2.75) is 6.61 Å². The molecule has 0 aliphatic heterocycles. The molecule has 116 valence electrons. The van der Waals surface area contributed by atoms with Crippen molar-refractivity contribution in [2.24, 2.45) is 0 Å². The minimum Gasteiger partial charge on any atom is -0.491 e. The van der Waals surface area contributed by atoms with E-state index in [0.29, 0.717) is 5.02 Å². The van der Waals surface area contributed by atoms with E-state index in [9.17, 15) is 9.50 Å². The summed E-state index contributed by atoms with van der Waals surface area (Å²) >= 11 is 5.85. The zero-order chi connectivity index (χ0) is 16.2. The van der Waals surface area contributed by atoms with Crippen LogP contribution in [-0.4, -0.2) is 15.1 Å². The molecule has 0 unspecified atom stereocenters. The lowest BCUT2D eigenvalue weighted by molar-refractivity contribution is 0.283. The number of hydrogen-bond donors (Lipinski definition) is 1. The average Bonchev–Trinajstić information content (AvgIpc) is 2.57. The van der Waals surface area contributed by atoms with E-state index in [-0.39, 0.29) is 29.6 Å². The van der Waals surface area contributed by atoms with Crippen molar-refractivity contribution >= 4 is 11.6 Å². The summed E-state index contributed by atoms with van der Waals surface area (Å²) in [5.41, 5.74) is 1.05. The van der Waals surface area contributed by atoms with Crippen molar-refractivity contribution in [2.75, 3.05) is 0 Å². The Kier molecular flexibility index (Phi) is 4.39. The van der Waals surface area contributed by atoms with E-state index in [1.807, 2.05) is 30.3 Å². The molecule has 0 aliphatic rings. The van der Waals surface area contributed by atoms with Crippen molar-refractivity contribution in [3.8, 4) is 23.0 Å². The van der Waals surface area contributed by atoms with Gasteiger partial charge in [-0.15, -0.1) is 0 Å². The van der Waals surface area contributed by atoms with Gasteiger partial charge in [-0.3, -0.25) is 0 Å². The number of ether oxygens (including phenoxy) is 1. The summed E-state index contributed by atoms with van der Waals surface area (Å²) < 4.78 is 19.3. The van der Waals surface area contributed by atoms with Crippen LogP contribution < -0.4 is 4.74 Å². The molecule has 3 rings (SSSR count). The van der Waals surface area contributed by atoms with Gasteiger partial charge in [-0.2, -0.15) is 4.98 Å². The molecule has 0 fully saturated rings. The molecule has 0 radical (unpaired) electrons. The van der Waals surface area contributed by atoms with Crippen molar-refractivity contribution in [1.82, 2.24) is 9.97 Å². The number of benzene rings is 2. The van der Waals surface area contributed by atoms with Gasteiger partial charge in [0.1, 0.15) is 12.4 Å². The first-order valence-electron chi connectivity index (χ1n) is 6.81. The van der Waals surface area contributed by atoms with Gasteiger partial charge in [0.2, 0.25) is 0 Å². The van der Waals surface area contributed by atoms with Crippen LogP contribution in [0.4, 0.5) is 4.39 Å². The van der Waals surface area contributed by atoms with E-state index >= 15 is 0 Å². The fourth-order valence-corrected chi connectivity index (χ4v) is 2.17. The summed E-state index contributed by atoms with van der Waals surface area (Å²) in [6.07, 6.45) is 1.31. The highest BCUT2D eigenvalue weighted by atomic mass is 35.5. The molecule has 3 aromatic rings. The van der Waals surface area contributed by atoms with Gasteiger partial charge in [-0.25, -0.2) is 9.37 Å². The third-order valence-corrected chi connectivity index (χ3v) is 3.38. The second-order valence-corrected chi connectivity index (χ2v) is 5.22.